The van der Waals surface area contributed by atoms with Crippen LogP contribution in [-0.4, -0.2) is 41.5 Å². The molecule has 2 heterocycles. The molecule has 5 nitrogen and oxygen atoms in total. The topological polar surface area (TPSA) is 59.5 Å². The number of carbonyl (C=O) groups is 2. The Morgan fingerprint density at radius 2 is 2.23 bits per heavy atom. The molecule has 1 atom stereocenters. The first-order valence-corrected chi connectivity index (χ1v) is 8.95. The second-order valence-corrected chi connectivity index (χ2v) is 7.00. The number of esters is 1. The average molecular weight is 322 g/mol. The van der Waals surface area contributed by atoms with E-state index in [0.717, 1.165) is 25.1 Å². The molecule has 22 heavy (non-hydrogen) atoms. The van der Waals surface area contributed by atoms with Crippen LogP contribution in [0.4, 0.5) is 0 Å². The number of likely N-dealkylation sites (tertiary alicyclic amines) is 1. The third kappa shape index (κ3) is 3.16. The number of amides is 1. The summed E-state index contributed by atoms with van der Waals surface area (Å²) in [4.78, 5) is 30.9. The monoisotopic (exact) mass is 322 g/mol. The van der Waals surface area contributed by atoms with E-state index in [2.05, 4.69) is 4.98 Å². The molecule has 1 aliphatic carbocycles. The molecule has 2 aliphatic rings. The van der Waals surface area contributed by atoms with Gasteiger partial charge in [0.25, 0.3) is 0 Å². The Morgan fingerprint density at radius 1 is 1.45 bits per heavy atom. The lowest BCUT2D eigenvalue weighted by molar-refractivity contribution is -0.127. The van der Waals surface area contributed by atoms with Crippen molar-refractivity contribution in [2.45, 2.75) is 44.9 Å². The van der Waals surface area contributed by atoms with Crippen LogP contribution in [0, 0.1) is 5.92 Å². The number of nitrogens with zero attached hydrogens (tertiary/aromatic N) is 2. The maximum Gasteiger partial charge on any atom is 0.350 e. The van der Waals surface area contributed by atoms with Crippen LogP contribution in [-0.2, 0) is 9.53 Å². The van der Waals surface area contributed by atoms with Crippen molar-refractivity contribution in [2.75, 3.05) is 19.7 Å². The average Bonchev–Trinajstić information content (AvgIpc) is 3.24. The normalized spacial score (nSPS) is 22.5. The molecule has 0 N–H and O–H groups in total. The van der Waals surface area contributed by atoms with Crippen LogP contribution in [0.5, 0.6) is 0 Å². The molecule has 1 amide bonds. The molecule has 1 saturated heterocycles. The number of rotatable bonds is 5. The van der Waals surface area contributed by atoms with Crippen molar-refractivity contribution in [3.63, 3.8) is 0 Å². The molecular weight excluding hydrogens is 300 g/mol. The van der Waals surface area contributed by atoms with Gasteiger partial charge in [-0.2, -0.15) is 0 Å². The molecule has 0 radical (unpaired) electrons. The predicted octanol–water partition coefficient (Wildman–Crippen LogP) is 2.83. The van der Waals surface area contributed by atoms with Crippen molar-refractivity contribution in [2.24, 2.45) is 5.92 Å². The molecular formula is C16H22N2O3S. The van der Waals surface area contributed by atoms with E-state index in [1.165, 1.54) is 24.2 Å². The molecule has 1 saturated carbocycles. The predicted molar refractivity (Wildman–Crippen MR) is 84.0 cm³/mol. The zero-order chi connectivity index (χ0) is 15.5. The van der Waals surface area contributed by atoms with Gasteiger partial charge in [-0.15, -0.1) is 11.3 Å². The zero-order valence-electron chi connectivity index (χ0n) is 12.9. The van der Waals surface area contributed by atoms with Gasteiger partial charge in [-0.05, 0) is 19.8 Å². The number of hydrogen-bond donors (Lipinski definition) is 0. The molecule has 0 unspecified atom stereocenters. The molecule has 3 rings (SSSR count). The SMILES string of the molecule is CCN1C[C@@H](COC(=O)c2scnc2C2CCCC2)CC1=O. The van der Waals surface area contributed by atoms with Crippen molar-refractivity contribution < 1.29 is 14.3 Å². The van der Waals surface area contributed by atoms with E-state index in [-0.39, 0.29) is 17.8 Å². The van der Waals surface area contributed by atoms with Gasteiger partial charge in [0.2, 0.25) is 5.91 Å². The highest BCUT2D eigenvalue weighted by Crippen LogP contribution is 2.36. The minimum absolute atomic E-state index is 0.124. The summed E-state index contributed by atoms with van der Waals surface area (Å²) in [7, 11) is 0. The summed E-state index contributed by atoms with van der Waals surface area (Å²) in [6, 6.07) is 0. The van der Waals surface area contributed by atoms with Crippen molar-refractivity contribution in [3.05, 3.63) is 16.1 Å². The van der Waals surface area contributed by atoms with Crippen molar-refractivity contribution in [3.8, 4) is 0 Å². The quantitative estimate of drug-likeness (QED) is 0.782. The lowest BCUT2D eigenvalue weighted by atomic mass is 10.0. The van der Waals surface area contributed by atoms with Crippen LogP contribution in [0.3, 0.4) is 0 Å². The lowest BCUT2D eigenvalue weighted by Gasteiger charge is -2.14. The third-order valence-corrected chi connectivity index (χ3v) is 5.47. The Labute approximate surface area is 134 Å². The molecule has 0 aromatic carbocycles. The number of ether oxygens (including phenoxy) is 1. The Balaban J connectivity index is 1.57. The van der Waals surface area contributed by atoms with E-state index >= 15 is 0 Å². The third-order valence-electron chi connectivity index (χ3n) is 4.65. The number of hydrogen-bond acceptors (Lipinski definition) is 5. The molecule has 0 bridgehead atoms. The highest BCUT2D eigenvalue weighted by atomic mass is 32.1. The minimum Gasteiger partial charge on any atom is -0.461 e. The maximum absolute atomic E-state index is 12.3. The highest BCUT2D eigenvalue weighted by molar-refractivity contribution is 7.11. The Kier molecular flexibility index (Phi) is 4.76. The lowest BCUT2D eigenvalue weighted by Crippen LogP contribution is -2.25. The fraction of sp³-hybridized carbons (Fsp3) is 0.688. The van der Waals surface area contributed by atoms with Gasteiger partial charge < -0.3 is 9.64 Å². The van der Waals surface area contributed by atoms with Crippen molar-refractivity contribution >= 4 is 23.2 Å². The zero-order valence-corrected chi connectivity index (χ0v) is 13.7. The van der Waals surface area contributed by atoms with E-state index < -0.39 is 0 Å². The van der Waals surface area contributed by atoms with Crippen LogP contribution in [0.2, 0.25) is 0 Å². The van der Waals surface area contributed by atoms with Gasteiger partial charge in [-0.1, -0.05) is 12.8 Å². The second kappa shape index (κ2) is 6.77. The van der Waals surface area contributed by atoms with Crippen molar-refractivity contribution in [1.82, 2.24) is 9.88 Å². The van der Waals surface area contributed by atoms with E-state index in [1.807, 2.05) is 11.8 Å². The Morgan fingerprint density at radius 3 is 2.91 bits per heavy atom. The first-order valence-electron chi connectivity index (χ1n) is 8.07. The number of aromatic nitrogens is 1. The number of carbonyl (C=O) groups excluding carboxylic acids is 2. The molecule has 0 spiro atoms. The summed E-state index contributed by atoms with van der Waals surface area (Å²) in [6.45, 7) is 3.71. The smallest absolute Gasteiger partial charge is 0.350 e. The standard InChI is InChI=1S/C16H22N2O3S/c1-2-18-8-11(7-13(18)19)9-21-16(20)15-14(17-10-22-15)12-5-3-4-6-12/h10-12H,2-9H2,1H3/t11-/m0/s1. The fourth-order valence-electron chi connectivity index (χ4n) is 3.43. The molecule has 6 heteroatoms. The fourth-order valence-corrected chi connectivity index (χ4v) is 4.19. The van der Waals surface area contributed by atoms with E-state index in [0.29, 0.717) is 30.4 Å². The van der Waals surface area contributed by atoms with Crippen LogP contribution in [0.15, 0.2) is 5.51 Å². The molecule has 1 aromatic rings. The second-order valence-electron chi connectivity index (χ2n) is 6.15. The van der Waals surface area contributed by atoms with Gasteiger partial charge in [-0.25, -0.2) is 9.78 Å². The van der Waals surface area contributed by atoms with Gasteiger partial charge in [-0.3, -0.25) is 4.79 Å². The maximum atomic E-state index is 12.3. The summed E-state index contributed by atoms with van der Waals surface area (Å²) in [5.41, 5.74) is 2.66. The van der Waals surface area contributed by atoms with E-state index in [4.69, 9.17) is 4.74 Å². The van der Waals surface area contributed by atoms with Gasteiger partial charge >= 0.3 is 5.97 Å². The molecule has 1 aliphatic heterocycles. The summed E-state index contributed by atoms with van der Waals surface area (Å²) >= 11 is 1.37. The Bertz CT molecular complexity index is 551. The summed E-state index contributed by atoms with van der Waals surface area (Å²) in [6.07, 6.45) is 5.15. The molecule has 2 fully saturated rings. The van der Waals surface area contributed by atoms with Crippen LogP contribution < -0.4 is 0 Å². The molecule has 1 aromatic heterocycles. The largest absolute Gasteiger partial charge is 0.461 e. The molecule has 120 valence electrons. The minimum atomic E-state index is -0.271. The first-order chi connectivity index (χ1) is 10.7. The summed E-state index contributed by atoms with van der Waals surface area (Å²) < 4.78 is 5.46. The van der Waals surface area contributed by atoms with Crippen LogP contribution in [0.25, 0.3) is 0 Å². The van der Waals surface area contributed by atoms with Crippen LogP contribution in [0.1, 0.15) is 60.3 Å². The van der Waals surface area contributed by atoms with E-state index in [9.17, 15) is 9.59 Å². The summed E-state index contributed by atoms with van der Waals surface area (Å²) in [5.74, 6) is 0.427. The van der Waals surface area contributed by atoms with Gasteiger partial charge in [0, 0.05) is 31.3 Å². The first kappa shape index (κ1) is 15.5. The van der Waals surface area contributed by atoms with Crippen LogP contribution >= 0.6 is 11.3 Å². The summed E-state index contributed by atoms with van der Waals surface area (Å²) in [5, 5.41) is 0. The van der Waals surface area contributed by atoms with Gasteiger partial charge in [0.15, 0.2) is 0 Å². The van der Waals surface area contributed by atoms with Gasteiger partial charge in [0.05, 0.1) is 17.8 Å². The Hall–Kier alpha value is -1.43. The number of thiazole rings is 1. The van der Waals surface area contributed by atoms with Gasteiger partial charge in [0.1, 0.15) is 4.88 Å². The highest BCUT2D eigenvalue weighted by Gasteiger charge is 2.30. The van der Waals surface area contributed by atoms with E-state index in [1.54, 1.807) is 5.51 Å². The van der Waals surface area contributed by atoms with Crippen molar-refractivity contribution in [1.29, 1.82) is 0 Å².